The van der Waals surface area contributed by atoms with Crippen LogP contribution in [0.25, 0.3) is 77.5 Å². The highest BCUT2D eigenvalue weighted by Crippen LogP contribution is 2.47. The van der Waals surface area contributed by atoms with Crippen molar-refractivity contribution in [2.45, 2.75) is 0 Å². The number of pyridine rings is 2. The van der Waals surface area contributed by atoms with Crippen LogP contribution in [0.1, 0.15) is 0 Å². The molecule has 11 aromatic rings. The fourth-order valence-corrected chi connectivity index (χ4v) is 8.54. The van der Waals surface area contributed by atoms with Crippen LogP contribution in [0, 0.1) is 0 Å². The van der Waals surface area contributed by atoms with Crippen molar-refractivity contribution in [3.05, 3.63) is 213 Å². The summed E-state index contributed by atoms with van der Waals surface area (Å²) in [4.78, 5) is 11.6. The molecule has 0 spiro atoms. The molecule has 0 aliphatic rings. The molecule has 11 rings (SSSR count). The summed E-state index contributed by atoms with van der Waals surface area (Å²) in [6, 6.07) is 71.3. The van der Waals surface area contributed by atoms with Crippen LogP contribution in [-0.2, 0) is 0 Å². The largest absolute Gasteiger partial charge is 0.309 e. The highest BCUT2D eigenvalue weighted by molar-refractivity contribution is 6.20. The Labute approximate surface area is 330 Å². The van der Waals surface area contributed by atoms with Crippen LogP contribution < -0.4 is 4.90 Å². The molecule has 5 nitrogen and oxygen atoms in total. The van der Waals surface area contributed by atoms with Gasteiger partial charge < -0.3 is 14.0 Å². The summed E-state index contributed by atoms with van der Waals surface area (Å²) < 4.78 is 4.78. The predicted molar refractivity (Wildman–Crippen MR) is 236 cm³/mol. The van der Waals surface area contributed by atoms with E-state index in [1.807, 2.05) is 36.7 Å². The van der Waals surface area contributed by atoms with Gasteiger partial charge in [0, 0.05) is 62.1 Å². The Kier molecular flexibility index (Phi) is 7.74. The minimum atomic E-state index is 0.962. The van der Waals surface area contributed by atoms with Crippen LogP contribution in [0.3, 0.4) is 0 Å². The Bertz CT molecular complexity index is 3000. The molecular formula is C52H35N5. The van der Waals surface area contributed by atoms with Crippen molar-refractivity contribution in [1.29, 1.82) is 0 Å². The lowest BCUT2D eigenvalue weighted by Gasteiger charge is -2.27. The van der Waals surface area contributed by atoms with Gasteiger partial charge in [0.2, 0.25) is 0 Å². The highest BCUT2D eigenvalue weighted by atomic mass is 15.2. The third-order valence-corrected chi connectivity index (χ3v) is 11.0. The van der Waals surface area contributed by atoms with Gasteiger partial charge in [-0.1, -0.05) is 103 Å². The maximum absolute atomic E-state index is 4.59. The summed E-state index contributed by atoms with van der Waals surface area (Å²) in [5, 5.41) is 4.77. The fraction of sp³-hybridized carbons (Fsp3) is 0. The second-order valence-corrected chi connectivity index (χ2v) is 14.2. The number of aromatic nitrogens is 4. The maximum Gasteiger partial charge on any atom is 0.0701 e. The smallest absolute Gasteiger partial charge is 0.0701 e. The second-order valence-electron chi connectivity index (χ2n) is 14.2. The Morgan fingerprint density at radius 3 is 1.21 bits per heavy atom. The van der Waals surface area contributed by atoms with E-state index in [4.69, 9.17) is 0 Å². The van der Waals surface area contributed by atoms with E-state index in [1.54, 1.807) is 0 Å². The number of fused-ring (bicyclic) bond motifs is 6. The van der Waals surface area contributed by atoms with Crippen LogP contribution in [0.5, 0.6) is 0 Å². The van der Waals surface area contributed by atoms with Crippen LogP contribution >= 0.6 is 0 Å². The molecule has 0 atom stereocenters. The number of rotatable bonds is 7. The van der Waals surface area contributed by atoms with Crippen LogP contribution in [0.4, 0.5) is 17.1 Å². The minimum Gasteiger partial charge on any atom is -0.309 e. The van der Waals surface area contributed by atoms with Gasteiger partial charge in [-0.15, -0.1) is 0 Å². The molecule has 0 saturated heterocycles. The SMILES string of the molecule is c1ccc(N(c2cccc3c2c2ccccc2n3-c2ccc(-c3ccccn3)cc2)c2cccc3c2c2ccccc2n3-c2ccc(-c3ccccn3)cc2)cc1. The van der Waals surface area contributed by atoms with Crippen molar-refractivity contribution in [1.82, 2.24) is 19.1 Å². The van der Waals surface area contributed by atoms with Gasteiger partial charge in [0.15, 0.2) is 0 Å². The third-order valence-electron chi connectivity index (χ3n) is 11.0. The molecule has 5 heteroatoms. The van der Waals surface area contributed by atoms with Crippen molar-refractivity contribution in [3.8, 4) is 33.9 Å². The Morgan fingerprint density at radius 2 is 0.754 bits per heavy atom. The molecule has 57 heavy (non-hydrogen) atoms. The number of nitrogens with zero attached hydrogens (tertiary/aromatic N) is 5. The monoisotopic (exact) mass is 729 g/mol. The standard InChI is InChI=1S/C52H35N5/c1-2-14-38(15-3-1)57(49-24-12-22-47-51(49)41-16-4-6-20-45(41)55(47)39-30-26-36(27-31-39)43-18-8-10-34-53-43)50-25-13-23-48-52(50)42-17-5-7-21-46(42)56(48)40-32-28-37(29-33-40)44-19-9-11-35-54-44/h1-35H. The quantitative estimate of drug-likeness (QED) is 0.164. The summed E-state index contributed by atoms with van der Waals surface area (Å²) in [6.45, 7) is 0. The van der Waals surface area contributed by atoms with E-state index in [0.717, 1.165) is 73.0 Å². The molecule has 0 radical (unpaired) electrons. The summed E-state index contributed by atoms with van der Waals surface area (Å²) in [5.41, 5.74) is 14.2. The van der Waals surface area contributed by atoms with Crippen molar-refractivity contribution >= 4 is 60.7 Å². The van der Waals surface area contributed by atoms with Crippen LogP contribution in [-0.4, -0.2) is 19.1 Å². The number of hydrogen-bond acceptors (Lipinski definition) is 3. The van der Waals surface area contributed by atoms with E-state index in [-0.39, 0.29) is 0 Å². The minimum absolute atomic E-state index is 0.962. The maximum atomic E-state index is 4.59. The predicted octanol–water partition coefficient (Wildman–Crippen LogP) is 13.5. The molecule has 0 unspecified atom stereocenters. The Hall–Kier alpha value is -7.76. The van der Waals surface area contributed by atoms with Gasteiger partial charge in [-0.3, -0.25) is 9.97 Å². The summed E-state index contributed by atoms with van der Waals surface area (Å²) in [5.74, 6) is 0. The lowest BCUT2D eigenvalue weighted by atomic mass is 10.1. The number of benzene rings is 7. The van der Waals surface area contributed by atoms with Gasteiger partial charge in [0.1, 0.15) is 0 Å². The molecule has 7 aromatic carbocycles. The molecule has 0 saturated carbocycles. The number of para-hydroxylation sites is 3. The van der Waals surface area contributed by atoms with E-state index in [9.17, 15) is 0 Å². The van der Waals surface area contributed by atoms with Crippen LogP contribution in [0.2, 0.25) is 0 Å². The van der Waals surface area contributed by atoms with Gasteiger partial charge in [0.05, 0.1) is 44.8 Å². The number of hydrogen-bond donors (Lipinski definition) is 0. The first kappa shape index (κ1) is 32.7. The summed E-state index contributed by atoms with van der Waals surface area (Å²) >= 11 is 0. The molecule has 0 fully saturated rings. The average molecular weight is 730 g/mol. The number of anilines is 3. The molecule has 4 heterocycles. The zero-order valence-electron chi connectivity index (χ0n) is 30.9. The Morgan fingerprint density at radius 1 is 0.333 bits per heavy atom. The van der Waals surface area contributed by atoms with Crippen LogP contribution in [0.15, 0.2) is 213 Å². The van der Waals surface area contributed by atoms with Gasteiger partial charge in [-0.25, -0.2) is 0 Å². The topological polar surface area (TPSA) is 38.9 Å². The molecular weight excluding hydrogens is 695 g/mol. The van der Waals surface area contributed by atoms with Gasteiger partial charge in [-0.2, -0.15) is 0 Å². The second kappa shape index (κ2) is 13.5. The van der Waals surface area contributed by atoms with Crippen molar-refractivity contribution in [2.75, 3.05) is 4.90 Å². The normalized spacial score (nSPS) is 11.5. The van der Waals surface area contributed by atoms with Crippen molar-refractivity contribution in [3.63, 3.8) is 0 Å². The molecule has 4 aromatic heterocycles. The van der Waals surface area contributed by atoms with E-state index in [1.165, 1.54) is 21.5 Å². The lowest BCUT2D eigenvalue weighted by Crippen LogP contribution is -2.11. The molecule has 0 amide bonds. The van der Waals surface area contributed by atoms with Gasteiger partial charge in [0.25, 0.3) is 0 Å². The zero-order chi connectivity index (χ0) is 37.7. The first-order chi connectivity index (χ1) is 28.3. The zero-order valence-corrected chi connectivity index (χ0v) is 30.9. The average Bonchev–Trinajstić information content (AvgIpc) is 3.82. The molecule has 0 aliphatic carbocycles. The van der Waals surface area contributed by atoms with E-state index < -0.39 is 0 Å². The fourth-order valence-electron chi connectivity index (χ4n) is 8.54. The summed E-state index contributed by atoms with van der Waals surface area (Å²) in [7, 11) is 0. The summed E-state index contributed by atoms with van der Waals surface area (Å²) in [6.07, 6.45) is 3.69. The Balaban J connectivity index is 1.14. The van der Waals surface area contributed by atoms with Crippen molar-refractivity contribution in [2.24, 2.45) is 0 Å². The van der Waals surface area contributed by atoms with E-state index in [0.29, 0.717) is 0 Å². The van der Waals surface area contributed by atoms with Gasteiger partial charge >= 0.3 is 0 Å². The van der Waals surface area contributed by atoms with E-state index >= 15 is 0 Å². The molecule has 268 valence electrons. The molecule has 0 N–H and O–H groups in total. The van der Waals surface area contributed by atoms with Gasteiger partial charge in [-0.05, 0) is 97.1 Å². The highest BCUT2D eigenvalue weighted by Gasteiger charge is 2.24. The lowest BCUT2D eigenvalue weighted by molar-refractivity contribution is 1.18. The third kappa shape index (κ3) is 5.40. The molecule has 0 bridgehead atoms. The first-order valence-electron chi connectivity index (χ1n) is 19.2. The molecule has 0 aliphatic heterocycles. The van der Waals surface area contributed by atoms with E-state index in [2.05, 4.69) is 200 Å². The first-order valence-corrected chi connectivity index (χ1v) is 19.2. The van der Waals surface area contributed by atoms with Crippen molar-refractivity contribution < 1.29 is 0 Å².